The van der Waals surface area contributed by atoms with Crippen molar-refractivity contribution in [1.29, 1.82) is 0 Å². The van der Waals surface area contributed by atoms with Gasteiger partial charge in [-0.15, -0.1) is 0 Å². The minimum Gasteiger partial charge on any atom is -0.305 e. The molecule has 0 aromatic rings. The second-order valence-electron chi connectivity index (χ2n) is 1.32. The van der Waals surface area contributed by atoms with Gasteiger partial charge in [-0.2, -0.15) is 0 Å². The van der Waals surface area contributed by atoms with Crippen molar-refractivity contribution >= 4 is 14.7 Å². The molecule has 64 valence electrons. The van der Waals surface area contributed by atoms with E-state index >= 15 is 0 Å². The van der Waals surface area contributed by atoms with Crippen LogP contribution in [0.2, 0.25) is 0 Å². The van der Waals surface area contributed by atoms with E-state index in [1.165, 1.54) is 6.08 Å². The summed E-state index contributed by atoms with van der Waals surface area (Å²) in [7, 11) is -1.50. The molecule has 0 aromatic heterocycles. The highest BCUT2D eigenvalue weighted by Gasteiger charge is 2.10. The molecule has 0 unspecified atom stereocenters. The summed E-state index contributed by atoms with van der Waals surface area (Å²) in [5.41, 5.74) is 0. The molecule has 0 aromatic carbocycles. The molecule has 0 fully saturated rings. The van der Waals surface area contributed by atoms with Gasteiger partial charge >= 0.3 is 8.60 Å². The van der Waals surface area contributed by atoms with Crippen LogP contribution in [0.3, 0.4) is 0 Å². The van der Waals surface area contributed by atoms with Gasteiger partial charge in [-0.05, 0) is 13.8 Å². The van der Waals surface area contributed by atoms with Gasteiger partial charge in [-0.25, -0.2) is 4.79 Å². The highest BCUT2D eigenvalue weighted by atomic mass is 31.2. The third kappa shape index (κ3) is 5.95. The van der Waals surface area contributed by atoms with E-state index < -0.39 is 8.60 Å². The molecular weight excluding hydrogens is 169 g/mol. The van der Waals surface area contributed by atoms with Crippen molar-refractivity contribution in [2.24, 2.45) is 5.16 Å². The molecule has 5 nitrogen and oxygen atoms in total. The minimum absolute atomic E-state index is 0.458. The summed E-state index contributed by atoms with van der Waals surface area (Å²) in [5.74, 6) is 0. The lowest BCUT2D eigenvalue weighted by molar-refractivity contribution is 0.175. The summed E-state index contributed by atoms with van der Waals surface area (Å²) in [6.45, 7) is 4.50. The van der Waals surface area contributed by atoms with Crippen molar-refractivity contribution in [3.8, 4) is 0 Å². The first-order chi connectivity index (χ1) is 5.35. The quantitative estimate of drug-likeness (QED) is 0.268. The molecule has 0 aliphatic heterocycles. The predicted octanol–water partition coefficient (Wildman–Crippen LogP) is 1.55. The molecule has 0 radical (unpaired) electrons. The maximum atomic E-state index is 9.60. The van der Waals surface area contributed by atoms with Crippen molar-refractivity contribution in [1.82, 2.24) is 0 Å². The Hall–Kier alpha value is -0.470. The topological polar surface area (TPSA) is 57.1 Å². The molecule has 0 aliphatic rings. The van der Waals surface area contributed by atoms with Gasteiger partial charge < -0.3 is 13.7 Å². The van der Waals surface area contributed by atoms with Gasteiger partial charge in [0.15, 0.2) is 0 Å². The third-order valence-corrected chi connectivity index (χ3v) is 1.77. The van der Waals surface area contributed by atoms with Crippen molar-refractivity contribution < 1.29 is 18.5 Å². The molecule has 0 bridgehead atoms. The van der Waals surface area contributed by atoms with Crippen molar-refractivity contribution in [2.45, 2.75) is 13.8 Å². The normalized spacial score (nSPS) is 9.36. The van der Waals surface area contributed by atoms with Crippen LogP contribution in [0.1, 0.15) is 13.8 Å². The minimum atomic E-state index is -1.50. The Morgan fingerprint density at radius 2 is 1.91 bits per heavy atom. The molecule has 0 heterocycles. The van der Waals surface area contributed by atoms with E-state index in [2.05, 4.69) is 9.78 Å². The lowest BCUT2D eigenvalue weighted by atomic mass is 10.9. The van der Waals surface area contributed by atoms with Crippen LogP contribution in [-0.2, 0) is 18.5 Å². The van der Waals surface area contributed by atoms with Gasteiger partial charge in [-0.1, -0.05) is 0 Å². The van der Waals surface area contributed by atoms with E-state index in [1.807, 2.05) is 0 Å². The zero-order valence-electron chi connectivity index (χ0n) is 6.44. The second-order valence-corrected chi connectivity index (χ2v) is 2.45. The Morgan fingerprint density at radius 1 is 1.36 bits per heavy atom. The first-order valence-electron chi connectivity index (χ1n) is 3.15. The molecule has 0 saturated heterocycles. The molecule has 0 N–H and O–H groups in total. The van der Waals surface area contributed by atoms with E-state index in [9.17, 15) is 4.79 Å². The summed E-state index contributed by atoms with van der Waals surface area (Å²) >= 11 is 0. The third-order valence-electron chi connectivity index (χ3n) is 0.614. The van der Waals surface area contributed by atoms with Crippen LogP contribution in [0, 0.1) is 0 Å². The fraction of sp³-hybridized carbons (Fsp3) is 0.800. The first-order valence-corrected chi connectivity index (χ1v) is 4.25. The van der Waals surface area contributed by atoms with Gasteiger partial charge in [0.05, 0.1) is 13.2 Å². The number of nitrogens with zero attached hydrogens (tertiary/aromatic N) is 1. The lowest BCUT2D eigenvalue weighted by Gasteiger charge is -2.08. The average Bonchev–Trinajstić information content (AvgIpc) is 2.01. The van der Waals surface area contributed by atoms with Gasteiger partial charge in [0.1, 0.15) is 0 Å². The number of hydrogen-bond acceptors (Lipinski definition) is 5. The largest absolute Gasteiger partial charge is 0.420 e. The van der Waals surface area contributed by atoms with Crippen LogP contribution in [0.25, 0.3) is 0 Å². The van der Waals surface area contributed by atoms with Crippen LogP contribution in [0.15, 0.2) is 5.16 Å². The molecular formula is C5H10NO4P. The molecule has 0 rings (SSSR count). The molecule has 0 aliphatic carbocycles. The number of hydrogen-bond donors (Lipinski definition) is 0. The Labute approximate surface area is 66.3 Å². The number of rotatable bonds is 6. The maximum Gasteiger partial charge on any atom is 0.420 e. The fourth-order valence-corrected chi connectivity index (χ4v) is 1.04. The summed E-state index contributed by atoms with van der Waals surface area (Å²) in [6.07, 6.45) is 1.22. The van der Waals surface area contributed by atoms with Gasteiger partial charge in [0.25, 0.3) is 6.08 Å². The summed E-state index contributed by atoms with van der Waals surface area (Å²) in [4.78, 5) is 9.60. The van der Waals surface area contributed by atoms with Crippen LogP contribution in [0.4, 0.5) is 0 Å². The maximum absolute atomic E-state index is 9.60. The smallest absolute Gasteiger partial charge is 0.305 e. The van der Waals surface area contributed by atoms with Crippen LogP contribution >= 0.6 is 8.60 Å². The van der Waals surface area contributed by atoms with Crippen LogP contribution in [-0.4, -0.2) is 19.3 Å². The monoisotopic (exact) mass is 179 g/mol. The standard InChI is InChI=1S/C5H10NO4P/c1-3-8-11(9-4-2)10-6-5-7/h3-4H2,1-2H3. The van der Waals surface area contributed by atoms with Gasteiger partial charge in [0.2, 0.25) is 0 Å². The summed E-state index contributed by atoms with van der Waals surface area (Å²) in [6, 6.07) is 0. The second kappa shape index (κ2) is 7.63. The Balaban J connectivity index is 3.58. The zero-order valence-corrected chi connectivity index (χ0v) is 7.34. The Kier molecular flexibility index (Phi) is 7.31. The Morgan fingerprint density at radius 3 is 2.27 bits per heavy atom. The zero-order chi connectivity index (χ0) is 8.53. The SMILES string of the molecule is CCOP(OCC)ON=C=O. The average molecular weight is 179 g/mol. The van der Waals surface area contributed by atoms with Gasteiger partial charge in [0, 0.05) is 5.16 Å². The molecule has 0 spiro atoms. The highest BCUT2D eigenvalue weighted by Crippen LogP contribution is 2.39. The van der Waals surface area contributed by atoms with Crippen molar-refractivity contribution in [3.05, 3.63) is 0 Å². The Bertz CT molecular complexity index is 130. The summed E-state index contributed by atoms with van der Waals surface area (Å²) in [5, 5.41) is 2.88. The van der Waals surface area contributed by atoms with E-state index in [1.54, 1.807) is 13.8 Å². The van der Waals surface area contributed by atoms with E-state index in [4.69, 9.17) is 9.05 Å². The molecule has 11 heavy (non-hydrogen) atoms. The highest BCUT2D eigenvalue weighted by molar-refractivity contribution is 7.41. The van der Waals surface area contributed by atoms with E-state index in [-0.39, 0.29) is 0 Å². The molecule has 0 amide bonds. The fourth-order valence-electron chi connectivity index (χ4n) is 0.345. The van der Waals surface area contributed by atoms with E-state index in [0.29, 0.717) is 13.2 Å². The first kappa shape index (κ1) is 10.5. The molecule has 0 saturated carbocycles. The molecule has 6 heteroatoms. The van der Waals surface area contributed by atoms with Gasteiger partial charge in [-0.3, -0.25) is 0 Å². The van der Waals surface area contributed by atoms with E-state index in [0.717, 1.165) is 0 Å². The number of carbonyl (C=O) groups excluding carboxylic acids is 1. The van der Waals surface area contributed by atoms with Crippen LogP contribution < -0.4 is 0 Å². The molecule has 0 atom stereocenters. The lowest BCUT2D eigenvalue weighted by Crippen LogP contribution is -1.91. The predicted molar refractivity (Wildman–Crippen MR) is 39.4 cm³/mol. The number of isocyanates is 1. The van der Waals surface area contributed by atoms with Crippen molar-refractivity contribution in [2.75, 3.05) is 13.2 Å². The van der Waals surface area contributed by atoms with Crippen LogP contribution in [0.5, 0.6) is 0 Å². The van der Waals surface area contributed by atoms with Crippen molar-refractivity contribution in [3.63, 3.8) is 0 Å². The summed E-state index contributed by atoms with van der Waals surface area (Å²) < 4.78 is 14.4.